The van der Waals surface area contributed by atoms with Crippen molar-refractivity contribution in [1.82, 2.24) is 15.3 Å². The average Bonchev–Trinajstić information content (AvgIpc) is 3.22. The third kappa shape index (κ3) is 4.07. The maximum absolute atomic E-state index is 13.9. The van der Waals surface area contributed by atoms with Gasteiger partial charge in [0.2, 0.25) is 0 Å². The highest BCUT2D eigenvalue weighted by atomic mass is 19.1. The van der Waals surface area contributed by atoms with E-state index in [1.165, 1.54) is 18.2 Å². The van der Waals surface area contributed by atoms with Crippen LogP contribution in [-0.4, -0.2) is 48.4 Å². The number of hydrogen-bond donors (Lipinski definition) is 3. The van der Waals surface area contributed by atoms with Gasteiger partial charge >= 0.3 is 0 Å². The lowest BCUT2D eigenvalue weighted by molar-refractivity contribution is 0.356. The number of fused-ring (bicyclic) bond motifs is 1. The monoisotopic (exact) mass is 426 g/mol. The molecule has 8 heteroatoms. The fourth-order valence-corrected chi connectivity index (χ4v) is 4.11. The first-order chi connectivity index (χ1) is 14.9. The van der Waals surface area contributed by atoms with Crippen molar-refractivity contribution in [3.05, 3.63) is 36.1 Å². The molecular formula is C23H27FN4O3. The number of phenolic OH excluding ortho intramolecular Hbond substituents is 1. The van der Waals surface area contributed by atoms with E-state index in [4.69, 9.17) is 9.47 Å². The number of nitrogens with one attached hydrogen (secondary N) is 2. The third-order valence-corrected chi connectivity index (χ3v) is 5.84. The molecule has 0 aliphatic carbocycles. The van der Waals surface area contributed by atoms with Crippen LogP contribution in [0.2, 0.25) is 0 Å². The van der Waals surface area contributed by atoms with Crippen molar-refractivity contribution in [2.45, 2.75) is 19.9 Å². The molecule has 3 N–H and O–H groups in total. The molecule has 1 saturated heterocycles. The van der Waals surface area contributed by atoms with Crippen LogP contribution in [0.3, 0.4) is 0 Å². The molecule has 31 heavy (non-hydrogen) atoms. The topological polar surface area (TPSA) is 88.5 Å². The van der Waals surface area contributed by atoms with Gasteiger partial charge in [0.15, 0.2) is 17.3 Å². The van der Waals surface area contributed by atoms with Crippen LogP contribution in [0, 0.1) is 17.7 Å². The average molecular weight is 426 g/mol. The summed E-state index contributed by atoms with van der Waals surface area (Å²) in [6, 6.07) is 7.49. The number of anilines is 1. The standard InChI is InChI=1S/C23H27FN4O3/c1-12(2)16-10-25-11-18(16)27-22-14-8-20(30-3)21(31-4)9-17(14)26-23(28-22)15-7-13(24)5-6-19(15)29/h5-9,12,16,18,25,29H,10-11H2,1-4H3,(H,26,27,28)/t16-,18+/m0/s1. The molecule has 1 aliphatic heterocycles. The highest BCUT2D eigenvalue weighted by Gasteiger charge is 2.30. The predicted molar refractivity (Wildman–Crippen MR) is 118 cm³/mol. The van der Waals surface area contributed by atoms with Gasteiger partial charge in [0.05, 0.1) is 25.3 Å². The lowest BCUT2D eigenvalue weighted by atomic mass is 9.91. The van der Waals surface area contributed by atoms with E-state index in [1.54, 1.807) is 20.3 Å². The molecular weight excluding hydrogens is 399 g/mol. The molecule has 2 aromatic carbocycles. The van der Waals surface area contributed by atoms with Gasteiger partial charge in [-0.2, -0.15) is 0 Å². The Kier molecular flexibility index (Phi) is 5.82. The smallest absolute Gasteiger partial charge is 0.165 e. The Balaban J connectivity index is 1.89. The van der Waals surface area contributed by atoms with E-state index < -0.39 is 5.82 Å². The van der Waals surface area contributed by atoms with E-state index in [2.05, 4.69) is 34.4 Å². The minimum Gasteiger partial charge on any atom is -0.507 e. The Hall–Kier alpha value is -3.13. The molecule has 0 bridgehead atoms. The van der Waals surface area contributed by atoms with Crippen molar-refractivity contribution in [1.29, 1.82) is 0 Å². The number of aromatic hydroxyl groups is 1. The summed E-state index contributed by atoms with van der Waals surface area (Å²) < 4.78 is 24.8. The van der Waals surface area contributed by atoms with Crippen LogP contribution in [0.5, 0.6) is 17.2 Å². The number of methoxy groups -OCH3 is 2. The highest BCUT2D eigenvalue weighted by molar-refractivity contribution is 5.93. The van der Waals surface area contributed by atoms with Crippen LogP contribution in [0.15, 0.2) is 30.3 Å². The Morgan fingerprint density at radius 2 is 1.84 bits per heavy atom. The molecule has 164 valence electrons. The quantitative estimate of drug-likeness (QED) is 0.552. The summed E-state index contributed by atoms with van der Waals surface area (Å²) in [5.74, 6) is 2.27. The van der Waals surface area contributed by atoms with Crippen LogP contribution < -0.4 is 20.1 Å². The third-order valence-electron chi connectivity index (χ3n) is 5.84. The summed E-state index contributed by atoms with van der Waals surface area (Å²) in [5.41, 5.74) is 0.825. The summed E-state index contributed by atoms with van der Waals surface area (Å²) in [5, 5.41) is 18.1. The number of rotatable bonds is 6. The number of ether oxygens (including phenoxy) is 2. The van der Waals surface area contributed by atoms with Gasteiger partial charge in [-0.15, -0.1) is 0 Å². The number of phenols is 1. The molecule has 2 heterocycles. The Labute approximate surface area is 180 Å². The molecule has 0 radical (unpaired) electrons. The zero-order chi connectivity index (χ0) is 22.1. The highest BCUT2D eigenvalue weighted by Crippen LogP contribution is 2.37. The first kappa shape index (κ1) is 21.1. The molecule has 3 aromatic rings. The summed E-state index contributed by atoms with van der Waals surface area (Å²) >= 11 is 0. The van der Waals surface area contributed by atoms with Crippen molar-refractivity contribution in [3.8, 4) is 28.6 Å². The SMILES string of the molecule is COc1cc2nc(-c3cc(F)ccc3O)nc(N[C@@H]3CNC[C@H]3C(C)C)c2cc1OC. The van der Waals surface area contributed by atoms with Crippen LogP contribution in [0.4, 0.5) is 10.2 Å². The second-order valence-corrected chi connectivity index (χ2v) is 8.10. The summed E-state index contributed by atoms with van der Waals surface area (Å²) in [4.78, 5) is 9.28. The minimum atomic E-state index is -0.474. The normalized spacial score (nSPS) is 18.5. The molecule has 7 nitrogen and oxygen atoms in total. The van der Waals surface area contributed by atoms with E-state index in [9.17, 15) is 9.50 Å². The molecule has 1 aromatic heterocycles. The zero-order valence-corrected chi connectivity index (χ0v) is 18.1. The number of halogens is 1. The van der Waals surface area contributed by atoms with Crippen LogP contribution in [0.1, 0.15) is 13.8 Å². The minimum absolute atomic E-state index is 0.0882. The first-order valence-corrected chi connectivity index (χ1v) is 10.3. The molecule has 0 spiro atoms. The maximum Gasteiger partial charge on any atom is 0.165 e. The number of hydrogen-bond acceptors (Lipinski definition) is 7. The van der Waals surface area contributed by atoms with Crippen LogP contribution >= 0.6 is 0 Å². The lowest BCUT2D eigenvalue weighted by Crippen LogP contribution is -2.31. The predicted octanol–water partition coefficient (Wildman–Crippen LogP) is 3.81. The van der Waals surface area contributed by atoms with Crippen molar-refractivity contribution in [3.63, 3.8) is 0 Å². The number of benzene rings is 2. The molecule has 0 saturated carbocycles. The summed E-state index contributed by atoms with van der Waals surface area (Å²) in [7, 11) is 3.13. The Bertz CT molecular complexity index is 1110. The lowest BCUT2D eigenvalue weighted by Gasteiger charge is -2.24. The molecule has 1 aliphatic rings. The van der Waals surface area contributed by atoms with Gasteiger partial charge in [0.25, 0.3) is 0 Å². The van der Waals surface area contributed by atoms with Crippen molar-refractivity contribution in [2.24, 2.45) is 11.8 Å². The molecule has 0 unspecified atom stereocenters. The summed E-state index contributed by atoms with van der Waals surface area (Å²) in [6.45, 7) is 6.14. The largest absolute Gasteiger partial charge is 0.507 e. The van der Waals surface area contributed by atoms with E-state index in [0.29, 0.717) is 34.7 Å². The van der Waals surface area contributed by atoms with Gasteiger partial charge in [-0.05, 0) is 36.1 Å². The fourth-order valence-electron chi connectivity index (χ4n) is 4.11. The van der Waals surface area contributed by atoms with E-state index in [0.717, 1.165) is 18.5 Å². The molecule has 0 amide bonds. The van der Waals surface area contributed by atoms with Crippen LogP contribution in [-0.2, 0) is 0 Å². The molecule has 2 atom stereocenters. The van der Waals surface area contributed by atoms with Gasteiger partial charge in [-0.1, -0.05) is 13.8 Å². The van der Waals surface area contributed by atoms with Crippen LogP contribution in [0.25, 0.3) is 22.3 Å². The van der Waals surface area contributed by atoms with E-state index in [1.807, 2.05) is 6.07 Å². The van der Waals surface area contributed by atoms with Crippen molar-refractivity contribution < 1.29 is 19.0 Å². The Morgan fingerprint density at radius 3 is 2.55 bits per heavy atom. The van der Waals surface area contributed by atoms with Crippen molar-refractivity contribution in [2.75, 3.05) is 32.6 Å². The van der Waals surface area contributed by atoms with Gasteiger partial charge in [-0.3, -0.25) is 0 Å². The second kappa shape index (κ2) is 8.55. The number of nitrogens with zero attached hydrogens (tertiary/aromatic N) is 2. The van der Waals surface area contributed by atoms with E-state index >= 15 is 0 Å². The van der Waals surface area contributed by atoms with Gasteiger partial charge < -0.3 is 25.2 Å². The Morgan fingerprint density at radius 1 is 1.10 bits per heavy atom. The number of aromatic nitrogens is 2. The summed E-state index contributed by atoms with van der Waals surface area (Å²) in [6.07, 6.45) is 0. The zero-order valence-electron chi connectivity index (χ0n) is 18.1. The van der Waals surface area contributed by atoms with Gasteiger partial charge in [-0.25, -0.2) is 14.4 Å². The first-order valence-electron chi connectivity index (χ1n) is 10.3. The molecule has 1 fully saturated rings. The maximum atomic E-state index is 13.9. The van der Waals surface area contributed by atoms with Crippen molar-refractivity contribution >= 4 is 16.7 Å². The fraction of sp³-hybridized carbons (Fsp3) is 0.391. The van der Waals surface area contributed by atoms with Gasteiger partial charge in [0, 0.05) is 30.6 Å². The van der Waals surface area contributed by atoms with E-state index in [-0.39, 0.29) is 23.2 Å². The van der Waals surface area contributed by atoms with Gasteiger partial charge in [0.1, 0.15) is 17.4 Å². The molecule has 4 rings (SSSR count). The second-order valence-electron chi connectivity index (χ2n) is 8.10.